The molecule has 1 rings (SSSR count). The minimum atomic E-state index is -2.71. The van der Waals surface area contributed by atoms with Gasteiger partial charge >= 0.3 is 0 Å². The lowest BCUT2D eigenvalue weighted by molar-refractivity contribution is 0.146. The summed E-state index contributed by atoms with van der Waals surface area (Å²) in [5.74, 6) is -0.175. The third-order valence-electron chi connectivity index (χ3n) is 1.52. The molecule has 3 nitrogen and oxygen atoms in total. The average Bonchev–Trinajstić information content (AvgIpc) is 2.16. The van der Waals surface area contributed by atoms with Crippen LogP contribution in [0.3, 0.4) is 0 Å². The molecule has 0 saturated heterocycles. The van der Waals surface area contributed by atoms with Gasteiger partial charge in [0.15, 0.2) is 0 Å². The van der Waals surface area contributed by atoms with E-state index in [0.29, 0.717) is 0 Å². The molecule has 6 heteroatoms. The molecule has 0 radical (unpaired) electrons. The number of alkyl halides is 2. The van der Waals surface area contributed by atoms with E-state index in [2.05, 4.69) is 25.7 Å². The molecule has 0 amide bonds. The van der Waals surface area contributed by atoms with Gasteiger partial charge in [-0.25, -0.2) is 13.8 Å². The smallest absolute Gasteiger partial charge is 0.269 e. The molecule has 1 aromatic rings. The van der Waals surface area contributed by atoms with Crippen LogP contribution in [0.4, 0.5) is 8.78 Å². The van der Waals surface area contributed by atoms with Gasteiger partial charge < -0.3 is 4.74 Å². The van der Waals surface area contributed by atoms with Gasteiger partial charge in [-0.3, -0.25) is 0 Å². The Morgan fingerprint density at radius 3 is 2.71 bits per heavy atom. The summed E-state index contributed by atoms with van der Waals surface area (Å²) in [7, 11) is 1.24. The lowest BCUT2D eigenvalue weighted by Crippen LogP contribution is -1.98. The number of pyridine rings is 1. The van der Waals surface area contributed by atoms with E-state index < -0.39 is 6.43 Å². The molecule has 0 fully saturated rings. The van der Waals surface area contributed by atoms with Crippen LogP contribution in [0.1, 0.15) is 17.6 Å². The highest BCUT2D eigenvalue weighted by molar-refractivity contribution is 9.10. The van der Waals surface area contributed by atoms with Gasteiger partial charge in [0.25, 0.3) is 6.43 Å². The van der Waals surface area contributed by atoms with E-state index in [1.165, 1.54) is 7.11 Å². The third-order valence-corrected chi connectivity index (χ3v) is 2.12. The van der Waals surface area contributed by atoms with Gasteiger partial charge in [0.1, 0.15) is 10.7 Å². The van der Waals surface area contributed by atoms with Crippen LogP contribution in [0.5, 0.6) is 5.88 Å². The summed E-state index contributed by atoms with van der Waals surface area (Å²) < 4.78 is 29.7. The topological polar surface area (TPSA) is 45.9 Å². The maximum Gasteiger partial charge on any atom is 0.269 e. The zero-order chi connectivity index (χ0) is 10.7. The second-order valence-corrected chi connectivity index (χ2v) is 3.09. The highest BCUT2D eigenvalue weighted by Gasteiger charge is 2.18. The number of hydrogen-bond acceptors (Lipinski definition) is 3. The maximum absolute atomic E-state index is 12.4. The van der Waals surface area contributed by atoms with Crippen LogP contribution in [0, 0.1) is 11.3 Å². The van der Waals surface area contributed by atoms with Gasteiger partial charge in [-0.15, -0.1) is 0 Å². The molecule has 74 valence electrons. The number of aromatic nitrogens is 1. The van der Waals surface area contributed by atoms with Gasteiger partial charge in [-0.2, -0.15) is 5.26 Å². The van der Waals surface area contributed by atoms with Crippen molar-refractivity contribution >= 4 is 15.9 Å². The molecule has 0 aliphatic rings. The molecule has 0 spiro atoms. The van der Waals surface area contributed by atoms with E-state index in [9.17, 15) is 8.78 Å². The number of nitrogens with zero attached hydrogens (tertiary/aromatic N) is 2. The highest BCUT2D eigenvalue weighted by atomic mass is 79.9. The SMILES string of the molecule is COc1nc(Br)c(C#N)cc1C(F)F. The molecule has 0 aromatic carbocycles. The normalized spacial score (nSPS) is 10.0. The number of halogens is 3. The maximum atomic E-state index is 12.4. The Balaban J connectivity index is 3.34. The van der Waals surface area contributed by atoms with Crippen molar-refractivity contribution in [3.63, 3.8) is 0 Å². The number of rotatable bonds is 2. The first-order valence-corrected chi connectivity index (χ1v) is 4.32. The Hall–Kier alpha value is -1.22. The molecule has 0 atom stereocenters. The van der Waals surface area contributed by atoms with Crippen molar-refractivity contribution < 1.29 is 13.5 Å². The van der Waals surface area contributed by atoms with E-state index in [1.54, 1.807) is 6.07 Å². The van der Waals surface area contributed by atoms with Crippen LogP contribution < -0.4 is 4.74 Å². The second kappa shape index (κ2) is 4.33. The van der Waals surface area contributed by atoms with E-state index in [-0.39, 0.29) is 21.6 Å². The zero-order valence-corrected chi connectivity index (χ0v) is 8.68. The summed E-state index contributed by atoms with van der Waals surface area (Å²) in [6.45, 7) is 0. The van der Waals surface area contributed by atoms with Gasteiger partial charge in [-0.1, -0.05) is 0 Å². The number of nitriles is 1. The molecule has 14 heavy (non-hydrogen) atoms. The van der Waals surface area contributed by atoms with Crippen LogP contribution in [0.15, 0.2) is 10.7 Å². The molecule has 1 aromatic heterocycles. The van der Waals surface area contributed by atoms with Crippen molar-refractivity contribution in [2.75, 3.05) is 7.11 Å². The Morgan fingerprint density at radius 2 is 2.29 bits per heavy atom. The van der Waals surface area contributed by atoms with Crippen molar-refractivity contribution in [3.8, 4) is 11.9 Å². The Bertz CT molecular complexity index is 390. The second-order valence-electron chi connectivity index (χ2n) is 2.34. The number of ether oxygens (including phenoxy) is 1. The average molecular weight is 263 g/mol. The monoisotopic (exact) mass is 262 g/mol. The first kappa shape index (κ1) is 10.9. The van der Waals surface area contributed by atoms with Gasteiger partial charge in [0.05, 0.1) is 18.2 Å². The van der Waals surface area contributed by atoms with Crippen molar-refractivity contribution in [1.29, 1.82) is 5.26 Å². The van der Waals surface area contributed by atoms with E-state index in [4.69, 9.17) is 5.26 Å². The Morgan fingerprint density at radius 1 is 1.64 bits per heavy atom. The summed E-state index contributed by atoms with van der Waals surface area (Å²) in [6, 6.07) is 2.80. The van der Waals surface area contributed by atoms with Crippen LogP contribution in [-0.4, -0.2) is 12.1 Å². The fourth-order valence-electron chi connectivity index (χ4n) is 0.889. The summed E-state index contributed by atoms with van der Waals surface area (Å²) in [6.07, 6.45) is -2.71. The molecule has 1 heterocycles. The molecule has 0 bridgehead atoms. The number of hydrogen-bond donors (Lipinski definition) is 0. The summed E-state index contributed by atoms with van der Waals surface area (Å²) in [4.78, 5) is 3.68. The van der Waals surface area contributed by atoms with Crippen LogP contribution in [-0.2, 0) is 0 Å². The number of methoxy groups -OCH3 is 1. The van der Waals surface area contributed by atoms with Crippen LogP contribution in [0.2, 0.25) is 0 Å². The highest BCUT2D eigenvalue weighted by Crippen LogP contribution is 2.30. The van der Waals surface area contributed by atoms with E-state index in [0.717, 1.165) is 6.07 Å². The minimum Gasteiger partial charge on any atom is -0.481 e. The molecular weight excluding hydrogens is 258 g/mol. The van der Waals surface area contributed by atoms with E-state index >= 15 is 0 Å². The van der Waals surface area contributed by atoms with Crippen molar-refractivity contribution in [1.82, 2.24) is 4.98 Å². The van der Waals surface area contributed by atoms with Crippen LogP contribution >= 0.6 is 15.9 Å². The van der Waals surface area contributed by atoms with Gasteiger partial charge in [-0.05, 0) is 22.0 Å². The van der Waals surface area contributed by atoms with Crippen molar-refractivity contribution in [2.24, 2.45) is 0 Å². The molecule has 0 aliphatic carbocycles. The molecule has 0 aliphatic heterocycles. The standard InChI is InChI=1S/C8H5BrF2N2O/c1-14-8-5(7(10)11)2-4(3-12)6(9)13-8/h2,7H,1H3. The zero-order valence-electron chi connectivity index (χ0n) is 7.09. The van der Waals surface area contributed by atoms with Gasteiger partial charge in [0, 0.05) is 0 Å². The fraction of sp³-hybridized carbons (Fsp3) is 0.250. The predicted octanol–water partition coefficient (Wildman–Crippen LogP) is 2.66. The fourth-order valence-corrected chi connectivity index (χ4v) is 1.25. The van der Waals surface area contributed by atoms with Crippen LogP contribution in [0.25, 0.3) is 0 Å². The lowest BCUT2D eigenvalue weighted by atomic mass is 10.2. The quantitative estimate of drug-likeness (QED) is 0.770. The largest absolute Gasteiger partial charge is 0.481 e. The molecular formula is C8H5BrF2N2O. The first-order chi connectivity index (χ1) is 6.60. The summed E-state index contributed by atoms with van der Waals surface area (Å²) in [5.41, 5.74) is -0.326. The molecule has 0 unspecified atom stereocenters. The van der Waals surface area contributed by atoms with Gasteiger partial charge in [0.2, 0.25) is 5.88 Å². The Kier molecular flexibility index (Phi) is 3.36. The van der Waals surface area contributed by atoms with E-state index in [1.807, 2.05) is 0 Å². The lowest BCUT2D eigenvalue weighted by Gasteiger charge is -2.07. The summed E-state index contributed by atoms with van der Waals surface area (Å²) >= 11 is 2.97. The summed E-state index contributed by atoms with van der Waals surface area (Å²) in [5, 5.41) is 8.58. The van der Waals surface area contributed by atoms with Crippen molar-refractivity contribution in [3.05, 3.63) is 21.8 Å². The third kappa shape index (κ3) is 1.99. The van der Waals surface area contributed by atoms with Crippen molar-refractivity contribution in [2.45, 2.75) is 6.43 Å². The minimum absolute atomic E-state index is 0.0566. The predicted molar refractivity (Wildman–Crippen MR) is 48.2 cm³/mol. The molecule has 0 N–H and O–H groups in total. The Labute approximate surface area is 87.5 Å². The first-order valence-electron chi connectivity index (χ1n) is 3.52. The molecule has 0 saturated carbocycles.